The molecule has 0 aromatic heterocycles. The van der Waals surface area contributed by atoms with Gasteiger partial charge in [-0.15, -0.1) is 0 Å². The molecule has 0 aromatic rings. The van der Waals surface area contributed by atoms with E-state index < -0.39 is 0 Å². The predicted molar refractivity (Wildman–Crippen MR) is 42.9 cm³/mol. The van der Waals surface area contributed by atoms with E-state index in [1.54, 1.807) is 11.9 Å². The standard InChI is InChI=1S/C8H13NO3/c1-6(11)8-5-12-4-7(3-10)9(8)2/h3,7-8H,4-5H2,1-2H3. The number of ether oxygens (including phenoxy) is 1. The molecule has 4 nitrogen and oxygen atoms in total. The van der Waals surface area contributed by atoms with Crippen LogP contribution in [0.15, 0.2) is 0 Å². The fourth-order valence-corrected chi connectivity index (χ4v) is 1.31. The third kappa shape index (κ3) is 1.70. The van der Waals surface area contributed by atoms with Crippen molar-refractivity contribution < 1.29 is 14.3 Å². The van der Waals surface area contributed by atoms with Crippen molar-refractivity contribution in [1.82, 2.24) is 4.90 Å². The smallest absolute Gasteiger partial charge is 0.149 e. The lowest BCUT2D eigenvalue weighted by atomic mass is 10.1. The molecule has 0 bridgehead atoms. The SMILES string of the molecule is CC(=O)C1COCC(C=O)N1C. The average molecular weight is 171 g/mol. The number of rotatable bonds is 2. The number of carbonyl (C=O) groups excluding carboxylic acids is 2. The molecule has 0 aliphatic carbocycles. The second-order valence-corrected chi connectivity index (χ2v) is 3.03. The van der Waals surface area contributed by atoms with Crippen molar-refractivity contribution >= 4 is 12.1 Å². The molecule has 1 rings (SSSR count). The zero-order valence-corrected chi connectivity index (χ0v) is 7.32. The summed E-state index contributed by atoms with van der Waals surface area (Å²) in [5.74, 6) is 0.0454. The fraction of sp³-hybridized carbons (Fsp3) is 0.750. The molecule has 1 fully saturated rings. The number of Topliss-reactive ketones (excluding diaryl/α,β-unsaturated/α-hetero) is 1. The zero-order valence-electron chi connectivity index (χ0n) is 7.32. The summed E-state index contributed by atoms with van der Waals surface area (Å²) in [6.07, 6.45) is 0.815. The van der Waals surface area contributed by atoms with Crippen molar-refractivity contribution in [3.05, 3.63) is 0 Å². The zero-order chi connectivity index (χ0) is 9.14. The van der Waals surface area contributed by atoms with Crippen molar-refractivity contribution in [2.24, 2.45) is 0 Å². The van der Waals surface area contributed by atoms with Gasteiger partial charge in [-0.05, 0) is 14.0 Å². The Morgan fingerprint density at radius 3 is 2.75 bits per heavy atom. The molecule has 0 spiro atoms. The first-order valence-electron chi connectivity index (χ1n) is 3.92. The summed E-state index contributed by atoms with van der Waals surface area (Å²) in [6.45, 7) is 2.30. The molecule has 1 heterocycles. The first-order valence-corrected chi connectivity index (χ1v) is 3.92. The van der Waals surface area contributed by atoms with Crippen LogP contribution in [0, 0.1) is 0 Å². The number of likely N-dealkylation sites (N-methyl/N-ethyl adjacent to an activating group) is 1. The van der Waals surface area contributed by atoms with E-state index in [2.05, 4.69) is 0 Å². The third-order valence-corrected chi connectivity index (χ3v) is 2.21. The monoisotopic (exact) mass is 171 g/mol. The lowest BCUT2D eigenvalue weighted by molar-refractivity contribution is -0.134. The first kappa shape index (κ1) is 9.35. The maximum atomic E-state index is 11.0. The van der Waals surface area contributed by atoms with Crippen LogP contribution in [-0.2, 0) is 14.3 Å². The quantitative estimate of drug-likeness (QED) is 0.524. The molecular formula is C8H13NO3. The van der Waals surface area contributed by atoms with Crippen LogP contribution in [0.25, 0.3) is 0 Å². The Balaban J connectivity index is 2.65. The van der Waals surface area contributed by atoms with Gasteiger partial charge in [-0.3, -0.25) is 9.69 Å². The van der Waals surface area contributed by atoms with Crippen LogP contribution in [0.5, 0.6) is 0 Å². The van der Waals surface area contributed by atoms with Gasteiger partial charge in [-0.2, -0.15) is 0 Å². The number of hydrogen-bond donors (Lipinski definition) is 0. The fourth-order valence-electron chi connectivity index (χ4n) is 1.31. The Morgan fingerprint density at radius 2 is 2.25 bits per heavy atom. The molecule has 12 heavy (non-hydrogen) atoms. The number of ketones is 1. The Bertz CT molecular complexity index is 193. The van der Waals surface area contributed by atoms with E-state index in [1.165, 1.54) is 6.92 Å². The van der Waals surface area contributed by atoms with Gasteiger partial charge in [0.25, 0.3) is 0 Å². The summed E-state index contributed by atoms with van der Waals surface area (Å²) in [7, 11) is 1.77. The van der Waals surface area contributed by atoms with Crippen LogP contribution < -0.4 is 0 Å². The molecule has 0 saturated carbocycles. The van der Waals surface area contributed by atoms with E-state index in [1.807, 2.05) is 0 Å². The molecule has 4 heteroatoms. The first-order chi connectivity index (χ1) is 5.66. The minimum absolute atomic E-state index is 0.0454. The third-order valence-electron chi connectivity index (χ3n) is 2.21. The molecule has 0 aromatic carbocycles. The largest absolute Gasteiger partial charge is 0.377 e. The van der Waals surface area contributed by atoms with Crippen LogP contribution in [-0.4, -0.2) is 49.3 Å². The van der Waals surface area contributed by atoms with Gasteiger partial charge in [0.2, 0.25) is 0 Å². The van der Waals surface area contributed by atoms with Gasteiger partial charge in [0.05, 0.1) is 25.3 Å². The van der Waals surface area contributed by atoms with Gasteiger partial charge in [0.1, 0.15) is 12.1 Å². The lowest BCUT2D eigenvalue weighted by Gasteiger charge is -2.34. The summed E-state index contributed by atoms with van der Waals surface area (Å²) < 4.78 is 5.12. The van der Waals surface area contributed by atoms with Gasteiger partial charge in [0.15, 0.2) is 0 Å². The number of morpholine rings is 1. The van der Waals surface area contributed by atoms with E-state index in [9.17, 15) is 9.59 Å². The Morgan fingerprint density at radius 1 is 1.58 bits per heavy atom. The number of carbonyl (C=O) groups is 2. The molecule has 0 N–H and O–H groups in total. The summed E-state index contributed by atoms with van der Waals surface area (Å²) in [4.78, 5) is 23.3. The van der Waals surface area contributed by atoms with Crippen LogP contribution in [0.3, 0.4) is 0 Å². The maximum absolute atomic E-state index is 11.0. The van der Waals surface area contributed by atoms with Crippen molar-refractivity contribution in [3.63, 3.8) is 0 Å². The number of hydrogen-bond acceptors (Lipinski definition) is 4. The summed E-state index contributed by atoms with van der Waals surface area (Å²) in [5, 5.41) is 0. The van der Waals surface area contributed by atoms with Gasteiger partial charge >= 0.3 is 0 Å². The van der Waals surface area contributed by atoms with E-state index in [0.29, 0.717) is 13.2 Å². The van der Waals surface area contributed by atoms with E-state index in [0.717, 1.165) is 6.29 Å². The Hall–Kier alpha value is -0.740. The molecule has 0 radical (unpaired) electrons. The summed E-state index contributed by atoms with van der Waals surface area (Å²) >= 11 is 0. The average Bonchev–Trinajstić information content (AvgIpc) is 2.04. The maximum Gasteiger partial charge on any atom is 0.149 e. The van der Waals surface area contributed by atoms with E-state index in [4.69, 9.17) is 4.74 Å². The van der Waals surface area contributed by atoms with Crippen molar-refractivity contribution in [2.45, 2.75) is 19.0 Å². The molecule has 0 amide bonds. The summed E-state index contributed by atoms with van der Waals surface area (Å²) in [5.41, 5.74) is 0. The van der Waals surface area contributed by atoms with Crippen LogP contribution >= 0.6 is 0 Å². The highest BCUT2D eigenvalue weighted by molar-refractivity contribution is 5.82. The van der Waals surface area contributed by atoms with Crippen LogP contribution in [0.2, 0.25) is 0 Å². The topological polar surface area (TPSA) is 46.6 Å². The molecule has 1 aliphatic rings. The van der Waals surface area contributed by atoms with Crippen molar-refractivity contribution in [1.29, 1.82) is 0 Å². The predicted octanol–water partition coefficient (Wildman–Crippen LogP) is -0.527. The second kappa shape index (κ2) is 3.78. The van der Waals surface area contributed by atoms with Gasteiger partial charge < -0.3 is 9.53 Å². The minimum atomic E-state index is -0.271. The van der Waals surface area contributed by atoms with E-state index in [-0.39, 0.29) is 17.9 Å². The highest BCUT2D eigenvalue weighted by Crippen LogP contribution is 2.09. The Kier molecular flexibility index (Phi) is 2.94. The van der Waals surface area contributed by atoms with Crippen molar-refractivity contribution in [3.8, 4) is 0 Å². The van der Waals surface area contributed by atoms with Crippen LogP contribution in [0.1, 0.15) is 6.92 Å². The van der Waals surface area contributed by atoms with E-state index >= 15 is 0 Å². The Labute approximate surface area is 71.5 Å². The highest BCUT2D eigenvalue weighted by Gasteiger charge is 2.30. The highest BCUT2D eigenvalue weighted by atomic mass is 16.5. The molecule has 68 valence electrons. The minimum Gasteiger partial charge on any atom is -0.377 e. The lowest BCUT2D eigenvalue weighted by Crippen LogP contribution is -2.53. The normalized spacial score (nSPS) is 31.5. The van der Waals surface area contributed by atoms with Gasteiger partial charge in [0, 0.05) is 0 Å². The molecule has 2 atom stereocenters. The van der Waals surface area contributed by atoms with Crippen LogP contribution in [0.4, 0.5) is 0 Å². The van der Waals surface area contributed by atoms with Gasteiger partial charge in [-0.1, -0.05) is 0 Å². The number of aldehydes is 1. The second-order valence-electron chi connectivity index (χ2n) is 3.03. The number of nitrogens with zero attached hydrogens (tertiary/aromatic N) is 1. The summed E-state index contributed by atoms with van der Waals surface area (Å²) in [6, 6.07) is -0.526. The molecule has 2 unspecified atom stereocenters. The molecular weight excluding hydrogens is 158 g/mol. The molecule has 1 saturated heterocycles. The van der Waals surface area contributed by atoms with Gasteiger partial charge in [-0.25, -0.2) is 0 Å². The molecule has 1 aliphatic heterocycles. The van der Waals surface area contributed by atoms with Crippen molar-refractivity contribution in [2.75, 3.05) is 20.3 Å².